The lowest BCUT2D eigenvalue weighted by molar-refractivity contribution is 0.0959. The summed E-state index contributed by atoms with van der Waals surface area (Å²) in [5, 5.41) is 8.25. The molecule has 3 N–H and O–H groups in total. The van der Waals surface area contributed by atoms with Gasteiger partial charge < -0.3 is 15.4 Å². The van der Waals surface area contributed by atoms with Crippen LogP contribution in [0.15, 0.2) is 48.5 Å². The summed E-state index contributed by atoms with van der Waals surface area (Å²) in [5.74, 6) is 0.146. The highest BCUT2D eigenvalue weighted by molar-refractivity contribution is 7.80. The van der Waals surface area contributed by atoms with Crippen LogP contribution in [0.2, 0.25) is 0 Å². The van der Waals surface area contributed by atoms with Crippen molar-refractivity contribution in [3.8, 4) is 5.75 Å². The highest BCUT2D eigenvalue weighted by atomic mass is 32.1. The van der Waals surface area contributed by atoms with Gasteiger partial charge in [-0.25, -0.2) is 0 Å². The van der Waals surface area contributed by atoms with Gasteiger partial charge in [-0.05, 0) is 61.1 Å². The van der Waals surface area contributed by atoms with Crippen molar-refractivity contribution in [3.63, 3.8) is 0 Å². The zero-order valence-electron chi connectivity index (χ0n) is 14.7. The molecule has 2 aromatic carbocycles. The minimum atomic E-state index is -0.327. The first kappa shape index (κ1) is 19.4. The van der Waals surface area contributed by atoms with Crippen molar-refractivity contribution in [2.75, 3.05) is 19.0 Å². The molecule has 0 aliphatic rings. The number of carbonyl (C=O) groups excluding carboxylic acids is 2. The van der Waals surface area contributed by atoms with Gasteiger partial charge in [-0.3, -0.25) is 14.9 Å². The van der Waals surface area contributed by atoms with E-state index in [1.165, 1.54) is 0 Å². The molecule has 0 atom stereocenters. The lowest BCUT2D eigenvalue weighted by Crippen LogP contribution is -2.34. The summed E-state index contributed by atoms with van der Waals surface area (Å²) in [6.07, 6.45) is 0.892. The SMILES string of the molecule is CCCOc1cccc(C(=O)NC(=S)Nc2ccc(C(=O)NC)cc2)c1. The molecule has 26 heavy (non-hydrogen) atoms. The Morgan fingerprint density at radius 1 is 1.04 bits per heavy atom. The van der Waals surface area contributed by atoms with E-state index in [0.29, 0.717) is 29.2 Å². The predicted molar refractivity (Wildman–Crippen MR) is 106 cm³/mol. The molecule has 0 fully saturated rings. The molecule has 0 bridgehead atoms. The van der Waals surface area contributed by atoms with Crippen LogP contribution >= 0.6 is 12.2 Å². The van der Waals surface area contributed by atoms with E-state index in [0.717, 1.165) is 6.42 Å². The van der Waals surface area contributed by atoms with Crippen LogP contribution in [-0.2, 0) is 0 Å². The molecule has 6 nitrogen and oxygen atoms in total. The molecule has 0 saturated carbocycles. The Balaban J connectivity index is 1.94. The van der Waals surface area contributed by atoms with Gasteiger partial charge >= 0.3 is 0 Å². The Hall–Kier alpha value is -2.93. The fourth-order valence-corrected chi connectivity index (χ4v) is 2.34. The molecule has 2 amide bonds. The summed E-state index contributed by atoms with van der Waals surface area (Å²) in [6, 6.07) is 13.7. The molecule has 0 aliphatic heterocycles. The maximum atomic E-state index is 12.3. The van der Waals surface area contributed by atoms with E-state index < -0.39 is 0 Å². The first-order valence-electron chi connectivity index (χ1n) is 8.21. The van der Waals surface area contributed by atoms with Gasteiger partial charge in [0, 0.05) is 23.9 Å². The molecule has 2 aromatic rings. The molecule has 0 saturated heterocycles. The summed E-state index contributed by atoms with van der Waals surface area (Å²) in [4.78, 5) is 23.8. The zero-order chi connectivity index (χ0) is 18.9. The van der Waals surface area contributed by atoms with Crippen LogP contribution in [0.25, 0.3) is 0 Å². The Morgan fingerprint density at radius 3 is 2.42 bits per heavy atom. The lowest BCUT2D eigenvalue weighted by Gasteiger charge is -2.11. The summed E-state index contributed by atoms with van der Waals surface area (Å²) >= 11 is 5.17. The number of hydrogen-bond acceptors (Lipinski definition) is 4. The first-order valence-corrected chi connectivity index (χ1v) is 8.61. The third-order valence-corrected chi connectivity index (χ3v) is 3.63. The van der Waals surface area contributed by atoms with E-state index in [9.17, 15) is 9.59 Å². The molecule has 0 aliphatic carbocycles. The quantitative estimate of drug-likeness (QED) is 0.681. The number of anilines is 1. The van der Waals surface area contributed by atoms with Crippen molar-refractivity contribution >= 4 is 34.8 Å². The topological polar surface area (TPSA) is 79.5 Å². The molecule has 0 heterocycles. The van der Waals surface area contributed by atoms with Gasteiger partial charge in [-0.1, -0.05) is 13.0 Å². The molecule has 0 unspecified atom stereocenters. The Labute approximate surface area is 157 Å². The van der Waals surface area contributed by atoms with E-state index in [2.05, 4.69) is 16.0 Å². The summed E-state index contributed by atoms with van der Waals surface area (Å²) in [7, 11) is 1.57. The van der Waals surface area contributed by atoms with Gasteiger partial charge in [0.05, 0.1) is 6.61 Å². The molecule has 0 spiro atoms. The fourth-order valence-electron chi connectivity index (χ4n) is 2.13. The highest BCUT2D eigenvalue weighted by Crippen LogP contribution is 2.14. The smallest absolute Gasteiger partial charge is 0.257 e. The maximum Gasteiger partial charge on any atom is 0.257 e. The maximum absolute atomic E-state index is 12.3. The molecule has 136 valence electrons. The third-order valence-electron chi connectivity index (χ3n) is 3.43. The van der Waals surface area contributed by atoms with E-state index in [4.69, 9.17) is 17.0 Å². The Morgan fingerprint density at radius 2 is 1.77 bits per heavy atom. The Kier molecular flexibility index (Phi) is 7.11. The Bertz CT molecular complexity index is 791. The number of carbonyl (C=O) groups is 2. The number of amides is 2. The standard InChI is InChI=1S/C19H21N3O3S/c1-3-11-25-16-6-4-5-14(12-16)18(24)22-19(26)21-15-9-7-13(8-10-15)17(23)20-2/h4-10,12H,3,11H2,1-2H3,(H,20,23)(H2,21,22,24,26). The number of thiocarbonyl (C=S) groups is 1. The monoisotopic (exact) mass is 371 g/mol. The van der Waals surface area contributed by atoms with Crippen molar-refractivity contribution in [2.45, 2.75) is 13.3 Å². The van der Waals surface area contributed by atoms with Crippen LogP contribution in [0.5, 0.6) is 5.75 Å². The summed E-state index contributed by atoms with van der Waals surface area (Å²) in [5.41, 5.74) is 1.66. The average Bonchev–Trinajstić information content (AvgIpc) is 2.66. The minimum Gasteiger partial charge on any atom is -0.494 e. The second-order valence-corrected chi connectivity index (χ2v) is 5.85. The number of rotatable bonds is 6. The van der Waals surface area contributed by atoms with Crippen molar-refractivity contribution < 1.29 is 14.3 Å². The summed E-state index contributed by atoms with van der Waals surface area (Å²) < 4.78 is 5.53. The van der Waals surface area contributed by atoms with E-state index in [1.54, 1.807) is 55.6 Å². The van der Waals surface area contributed by atoms with Crippen molar-refractivity contribution in [1.29, 1.82) is 0 Å². The van der Waals surface area contributed by atoms with Crippen LogP contribution in [-0.4, -0.2) is 30.6 Å². The number of benzene rings is 2. The van der Waals surface area contributed by atoms with Crippen molar-refractivity contribution in [1.82, 2.24) is 10.6 Å². The second-order valence-electron chi connectivity index (χ2n) is 5.44. The average molecular weight is 371 g/mol. The van der Waals surface area contributed by atoms with Crippen LogP contribution in [0.4, 0.5) is 5.69 Å². The third kappa shape index (κ3) is 5.56. The molecule has 7 heteroatoms. The highest BCUT2D eigenvalue weighted by Gasteiger charge is 2.09. The van der Waals surface area contributed by atoms with E-state index in [1.807, 2.05) is 6.92 Å². The lowest BCUT2D eigenvalue weighted by atomic mass is 10.2. The van der Waals surface area contributed by atoms with Gasteiger partial charge in [-0.2, -0.15) is 0 Å². The second kappa shape index (κ2) is 9.53. The number of ether oxygens (including phenoxy) is 1. The molecule has 0 aromatic heterocycles. The molecular weight excluding hydrogens is 350 g/mol. The van der Waals surface area contributed by atoms with E-state index >= 15 is 0 Å². The van der Waals surface area contributed by atoms with Gasteiger partial charge in [0.1, 0.15) is 5.75 Å². The van der Waals surface area contributed by atoms with Crippen molar-refractivity contribution in [2.24, 2.45) is 0 Å². The van der Waals surface area contributed by atoms with Crippen LogP contribution < -0.4 is 20.7 Å². The first-order chi connectivity index (χ1) is 12.5. The molecule has 2 rings (SSSR count). The van der Waals surface area contributed by atoms with Gasteiger partial charge in [0.15, 0.2) is 5.11 Å². The van der Waals surface area contributed by atoms with E-state index in [-0.39, 0.29) is 16.9 Å². The zero-order valence-corrected chi connectivity index (χ0v) is 15.5. The number of nitrogens with one attached hydrogen (secondary N) is 3. The summed E-state index contributed by atoms with van der Waals surface area (Å²) in [6.45, 7) is 2.61. The van der Waals surface area contributed by atoms with Gasteiger partial charge in [0.25, 0.3) is 11.8 Å². The van der Waals surface area contributed by atoms with Crippen LogP contribution in [0.3, 0.4) is 0 Å². The largest absolute Gasteiger partial charge is 0.494 e. The van der Waals surface area contributed by atoms with Gasteiger partial charge in [-0.15, -0.1) is 0 Å². The fraction of sp³-hybridized carbons (Fsp3) is 0.211. The van der Waals surface area contributed by atoms with Gasteiger partial charge in [0.2, 0.25) is 0 Å². The minimum absolute atomic E-state index is 0.169. The van der Waals surface area contributed by atoms with Crippen LogP contribution in [0.1, 0.15) is 34.1 Å². The van der Waals surface area contributed by atoms with Crippen molar-refractivity contribution in [3.05, 3.63) is 59.7 Å². The molecular formula is C19H21N3O3S. The normalized spacial score (nSPS) is 9.92. The molecule has 0 radical (unpaired) electrons. The predicted octanol–water partition coefficient (Wildman–Crippen LogP) is 2.96. The number of hydrogen-bond donors (Lipinski definition) is 3. The van der Waals surface area contributed by atoms with Crippen LogP contribution in [0, 0.1) is 0 Å².